The van der Waals surface area contributed by atoms with E-state index in [9.17, 15) is 0 Å². The summed E-state index contributed by atoms with van der Waals surface area (Å²) in [6.07, 6.45) is 0. The Morgan fingerprint density at radius 1 is 1.19 bits per heavy atom. The number of halogens is 1. The Morgan fingerprint density at radius 2 is 1.75 bits per heavy atom. The first kappa shape index (κ1) is 13.6. The van der Waals surface area contributed by atoms with Crippen LogP contribution in [0.1, 0.15) is 36.5 Å². The summed E-state index contributed by atoms with van der Waals surface area (Å²) in [6, 6.07) is 4.41. The third kappa shape index (κ3) is 2.79. The molecule has 2 heteroatoms. The number of hydrogen-bond acceptors (Lipinski definition) is 1. The smallest absolute Gasteiger partial charge is 0.122 e. The summed E-state index contributed by atoms with van der Waals surface area (Å²) in [7, 11) is 1.75. The Morgan fingerprint density at radius 3 is 2.19 bits per heavy atom. The van der Waals surface area contributed by atoms with Crippen LogP contribution >= 0.6 is 15.9 Å². The van der Waals surface area contributed by atoms with E-state index in [-0.39, 0.29) is 0 Å². The Kier molecular flexibility index (Phi) is 4.85. The molecule has 0 fully saturated rings. The molecule has 0 N–H and O–H groups in total. The van der Waals surface area contributed by atoms with Crippen LogP contribution in [0, 0.1) is 19.8 Å². The largest absolute Gasteiger partial charge is 0.496 e. The molecule has 1 aromatic rings. The maximum absolute atomic E-state index is 5.49. The predicted molar refractivity (Wildman–Crippen MR) is 73.8 cm³/mol. The molecule has 1 rings (SSSR count). The average molecular weight is 285 g/mol. The van der Waals surface area contributed by atoms with E-state index in [1.807, 2.05) is 0 Å². The molecule has 0 heterocycles. The highest BCUT2D eigenvalue weighted by Crippen LogP contribution is 2.35. The molecule has 0 radical (unpaired) electrons. The van der Waals surface area contributed by atoms with Gasteiger partial charge in [-0.2, -0.15) is 0 Å². The molecule has 0 aliphatic heterocycles. The summed E-state index contributed by atoms with van der Waals surface area (Å²) in [6.45, 7) is 8.78. The van der Waals surface area contributed by atoms with Gasteiger partial charge in [0.15, 0.2) is 0 Å². The van der Waals surface area contributed by atoms with Crippen LogP contribution in [0.5, 0.6) is 5.75 Å². The van der Waals surface area contributed by atoms with E-state index in [4.69, 9.17) is 4.74 Å². The minimum atomic E-state index is 0.509. The summed E-state index contributed by atoms with van der Waals surface area (Å²) >= 11 is 3.60. The molecule has 0 bridgehead atoms. The zero-order valence-electron chi connectivity index (χ0n) is 10.8. The molecule has 0 saturated heterocycles. The molecule has 0 amide bonds. The second-order valence-electron chi connectivity index (χ2n) is 4.68. The first-order valence-electron chi connectivity index (χ1n) is 5.72. The third-order valence-electron chi connectivity index (χ3n) is 3.22. The number of alkyl halides is 1. The minimum Gasteiger partial charge on any atom is -0.496 e. The quantitative estimate of drug-likeness (QED) is 0.743. The van der Waals surface area contributed by atoms with Gasteiger partial charge in [0, 0.05) is 5.33 Å². The molecule has 1 aromatic carbocycles. The van der Waals surface area contributed by atoms with Crippen molar-refractivity contribution in [3.63, 3.8) is 0 Å². The lowest BCUT2D eigenvalue weighted by molar-refractivity contribution is 0.399. The summed E-state index contributed by atoms with van der Waals surface area (Å²) in [5.41, 5.74) is 3.94. The predicted octanol–water partition coefficient (Wildman–Crippen LogP) is 4.45. The summed E-state index contributed by atoms with van der Waals surface area (Å²) in [4.78, 5) is 0. The second kappa shape index (κ2) is 5.72. The van der Waals surface area contributed by atoms with Gasteiger partial charge in [-0.05, 0) is 48.4 Å². The fraction of sp³-hybridized carbons (Fsp3) is 0.571. The van der Waals surface area contributed by atoms with Gasteiger partial charge in [0.2, 0.25) is 0 Å². The van der Waals surface area contributed by atoms with Gasteiger partial charge in [-0.3, -0.25) is 0 Å². The van der Waals surface area contributed by atoms with Crippen LogP contribution < -0.4 is 4.74 Å². The maximum atomic E-state index is 5.49. The van der Waals surface area contributed by atoms with Crippen molar-refractivity contribution in [2.45, 2.75) is 33.6 Å². The van der Waals surface area contributed by atoms with Gasteiger partial charge in [-0.25, -0.2) is 0 Å². The van der Waals surface area contributed by atoms with E-state index in [1.54, 1.807) is 7.11 Å². The number of benzene rings is 1. The topological polar surface area (TPSA) is 9.23 Å². The van der Waals surface area contributed by atoms with Gasteiger partial charge < -0.3 is 4.74 Å². The number of methoxy groups -OCH3 is 1. The van der Waals surface area contributed by atoms with E-state index in [2.05, 4.69) is 55.8 Å². The van der Waals surface area contributed by atoms with Crippen LogP contribution in [-0.2, 0) is 0 Å². The number of aryl methyl sites for hydroxylation is 2. The molecular formula is C14H21BrO. The van der Waals surface area contributed by atoms with Crippen LogP contribution in [0.3, 0.4) is 0 Å². The first-order chi connectivity index (χ1) is 7.51. The van der Waals surface area contributed by atoms with E-state index in [0.717, 1.165) is 11.1 Å². The van der Waals surface area contributed by atoms with Crippen molar-refractivity contribution >= 4 is 15.9 Å². The van der Waals surface area contributed by atoms with Crippen molar-refractivity contribution in [2.75, 3.05) is 12.4 Å². The number of hydrogen-bond donors (Lipinski definition) is 0. The lowest BCUT2D eigenvalue weighted by atomic mass is 9.88. The maximum Gasteiger partial charge on any atom is 0.122 e. The lowest BCUT2D eigenvalue weighted by Gasteiger charge is -2.22. The molecule has 0 aromatic heterocycles. The Hall–Kier alpha value is -0.500. The van der Waals surface area contributed by atoms with Crippen molar-refractivity contribution in [1.29, 1.82) is 0 Å². The van der Waals surface area contributed by atoms with Crippen molar-refractivity contribution in [3.05, 3.63) is 28.8 Å². The number of rotatable bonds is 4. The number of ether oxygens (including phenoxy) is 1. The van der Waals surface area contributed by atoms with Crippen molar-refractivity contribution in [2.24, 2.45) is 5.92 Å². The van der Waals surface area contributed by atoms with Gasteiger partial charge in [-0.1, -0.05) is 35.8 Å². The second-order valence-corrected chi connectivity index (χ2v) is 5.33. The van der Waals surface area contributed by atoms with Gasteiger partial charge in [-0.15, -0.1) is 0 Å². The van der Waals surface area contributed by atoms with Gasteiger partial charge in [0.1, 0.15) is 5.75 Å². The normalized spacial score (nSPS) is 12.9. The van der Waals surface area contributed by atoms with Gasteiger partial charge in [0.05, 0.1) is 7.11 Å². The molecule has 1 atom stereocenters. The molecular weight excluding hydrogens is 264 g/mol. The average Bonchev–Trinajstić information content (AvgIpc) is 2.23. The zero-order valence-corrected chi connectivity index (χ0v) is 12.4. The van der Waals surface area contributed by atoms with E-state index < -0.39 is 0 Å². The molecule has 1 nitrogen and oxygen atoms in total. The SMILES string of the molecule is COc1cc(C)c(C)cc1C(CBr)C(C)C. The van der Waals surface area contributed by atoms with Crippen LogP contribution in [-0.4, -0.2) is 12.4 Å². The van der Waals surface area contributed by atoms with E-state index in [0.29, 0.717) is 11.8 Å². The highest BCUT2D eigenvalue weighted by atomic mass is 79.9. The highest BCUT2D eigenvalue weighted by Gasteiger charge is 2.19. The molecule has 0 saturated carbocycles. The molecule has 0 aliphatic rings. The van der Waals surface area contributed by atoms with Crippen LogP contribution in [0.4, 0.5) is 0 Å². The minimum absolute atomic E-state index is 0.509. The van der Waals surface area contributed by atoms with Crippen molar-refractivity contribution in [1.82, 2.24) is 0 Å². The third-order valence-corrected chi connectivity index (χ3v) is 3.91. The standard InChI is InChI=1S/C14H21BrO/c1-9(2)13(8-15)12-6-10(3)11(4)7-14(12)16-5/h6-7,9,13H,8H2,1-5H3. The highest BCUT2D eigenvalue weighted by molar-refractivity contribution is 9.09. The zero-order chi connectivity index (χ0) is 12.3. The Balaban J connectivity index is 3.24. The fourth-order valence-electron chi connectivity index (χ4n) is 1.90. The molecule has 90 valence electrons. The summed E-state index contributed by atoms with van der Waals surface area (Å²) < 4.78 is 5.49. The summed E-state index contributed by atoms with van der Waals surface area (Å²) in [5, 5.41) is 0.976. The molecule has 1 unspecified atom stereocenters. The Bertz CT molecular complexity index is 358. The molecule has 0 aliphatic carbocycles. The summed E-state index contributed by atoms with van der Waals surface area (Å²) in [5.74, 6) is 2.13. The van der Waals surface area contributed by atoms with Gasteiger partial charge in [0.25, 0.3) is 0 Å². The molecule has 16 heavy (non-hydrogen) atoms. The van der Waals surface area contributed by atoms with Crippen LogP contribution in [0.15, 0.2) is 12.1 Å². The first-order valence-corrected chi connectivity index (χ1v) is 6.84. The van der Waals surface area contributed by atoms with Gasteiger partial charge >= 0.3 is 0 Å². The Labute approximate surface area is 107 Å². The van der Waals surface area contributed by atoms with E-state index in [1.165, 1.54) is 16.7 Å². The van der Waals surface area contributed by atoms with Crippen LogP contribution in [0.2, 0.25) is 0 Å². The van der Waals surface area contributed by atoms with Crippen molar-refractivity contribution in [3.8, 4) is 5.75 Å². The van der Waals surface area contributed by atoms with E-state index >= 15 is 0 Å². The monoisotopic (exact) mass is 284 g/mol. The fourth-order valence-corrected chi connectivity index (χ4v) is 3.00. The lowest BCUT2D eigenvalue weighted by Crippen LogP contribution is -2.10. The molecule has 0 spiro atoms. The van der Waals surface area contributed by atoms with Crippen LogP contribution in [0.25, 0.3) is 0 Å². The van der Waals surface area contributed by atoms with Crippen molar-refractivity contribution < 1.29 is 4.74 Å².